The molecule has 3 rings (SSSR count). The number of nitrogens with one attached hydrogen (secondary N) is 1. The van der Waals surface area contributed by atoms with Crippen LogP contribution >= 0.6 is 15.9 Å². The Morgan fingerprint density at radius 1 is 1.24 bits per heavy atom. The molecule has 0 radical (unpaired) electrons. The first-order chi connectivity index (χ1) is 10.2. The molecule has 21 heavy (non-hydrogen) atoms. The normalized spacial score (nSPS) is 14.0. The zero-order valence-electron chi connectivity index (χ0n) is 12.3. The number of hydrogen-bond donors (Lipinski definition) is 1. The lowest BCUT2D eigenvalue weighted by molar-refractivity contribution is 0.855. The molecule has 1 aromatic carbocycles. The van der Waals surface area contributed by atoms with Crippen molar-refractivity contribution in [1.29, 1.82) is 0 Å². The maximum Gasteiger partial charge on any atom is 0.136 e. The topological polar surface area (TPSA) is 41.0 Å². The third kappa shape index (κ3) is 3.53. The highest BCUT2D eigenvalue weighted by Crippen LogP contribution is 2.39. The summed E-state index contributed by atoms with van der Waals surface area (Å²) in [5, 5.41) is 3.13. The SMILES string of the molecule is CNc1cc(N(C)Cc2ccc(Br)cc2)nc(C2CC2)n1. The van der Waals surface area contributed by atoms with E-state index in [4.69, 9.17) is 4.98 Å². The van der Waals surface area contributed by atoms with E-state index in [-0.39, 0.29) is 0 Å². The van der Waals surface area contributed by atoms with Gasteiger partial charge in [-0.3, -0.25) is 0 Å². The minimum atomic E-state index is 0.554. The van der Waals surface area contributed by atoms with E-state index < -0.39 is 0 Å². The van der Waals surface area contributed by atoms with E-state index in [0.29, 0.717) is 5.92 Å². The Balaban J connectivity index is 1.81. The summed E-state index contributed by atoms with van der Waals surface area (Å²) in [7, 11) is 3.97. The highest BCUT2D eigenvalue weighted by Gasteiger charge is 2.27. The van der Waals surface area contributed by atoms with Crippen LogP contribution in [0.5, 0.6) is 0 Å². The van der Waals surface area contributed by atoms with Crippen molar-refractivity contribution in [2.75, 3.05) is 24.3 Å². The average Bonchev–Trinajstić information content (AvgIpc) is 3.34. The van der Waals surface area contributed by atoms with Gasteiger partial charge in [0.25, 0.3) is 0 Å². The molecule has 0 unspecified atom stereocenters. The highest BCUT2D eigenvalue weighted by molar-refractivity contribution is 9.10. The van der Waals surface area contributed by atoms with Gasteiger partial charge in [0, 0.05) is 37.1 Å². The van der Waals surface area contributed by atoms with Crippen LogP contribution in [0, 0.1) is 0 Å². The van der Waals surface area contributed by atoms with Gasteiger partial charge >= 0.3 is 0 Å². The molecule has 0 saturated heterocycles. The van der Waals surface area contributed by atoms with Gasteiger partial charge in [-0.2, -0.15) is 0 Å². The van der Waals surface area contributed by atoms with Crippen LogP contribution in [-0.4, -0.2) is 24.1 Å². The maximum atomic E-state index is 4.72. The fourth-order valence-corrected chi connectivity index (χ4v) is 2.51. The van der Waals surface area contributed by atoms with Gasteiger partial charge in [-0.1, -0.05) is 28.1 Å². The number of aromatic nitrogens is 2. The summed E-state index contributed by atoms with van der Waals surface area (Å²) in [4.78, 5) is 11.4. The van der Waals surface area contributed by atoms with Gasteiger partial charge in [-0.15, -0.1) is 0 Å². The summed E-state index contributed by atoms with van der Waals surface area (Å²) >= 11 is 3.47. The molecule has 0 aliphatic heterocycles. The van der Waals surface area contributed by atoms with Crippen LogP contribution in [0.4, 0.5) is 11.6 Å². The number of rotatable bonds is 5. The predicted octanol–water partition coefficient (Wildman–Crippen LogP) is 3.79. The first kappa shape index (κ1) is 14.3. The second-order valence-electron chi connectivity index (χ2n) is 5.48. The first-order valence-corrected chi connectivity index (χ1v) is 7.97. The Morgan fingerprint density at radius 2 is 1.95 bits per heavy atom. The second-order valence-corrected chi connectivity index (χ2v) is 6.39. The summed E-state index contributed by atoms with van der Waals surface area (Å²) in [5.74, 6) is 3.39. The smallest absolute Gasteiger partial charge is 0.136 e. The monoisotopic (exact) mass is 346 g/mol. The Morgan fingerprint density at radius 3 is 2.57 bits per heavy atom. The third-order valence-electron chi connectivity index (χ3n) is 3.65. The second kappa shape index (κ2) is 6.02. The van der Waals surface area contributed by atoms with Crippen molar-refractivity contribution in [3.63, 3.8) is 0 Å². The van der Waals surface area contributed by atoms with E-state index in [9.17, 15) is 0 Å². The molecule has 0 bridgehead atoms. The maximum absolute atomic E-state index is 4.72. The van der Waals surface area contributed by atoms with E-state index in [1.54, 1.807) is 0 Å². The number of halogens is 1. The van der Waals surface area contributed by atoms with E-state index in [0.717, 1.165) is 28.5 Å². The van der Waals surface area contributed by atoms with Crippen LogP contribution in [0.3, 0.4) is 0 Å². The quantitative estimate of drug-likeness (QED) is 0.893. The van der Waals surface area contributed by atoms with Crippen molar-refractivity contribution in [3.8, 4) is 0 Å². The van der Waals surface area contributed by atoms with Gasteiger partial charge in [-0.25, -0.2) is 9.97 Å². The zero-order valence-corrected chi connectivity index (χ0v) is 13.9. The van der Waals surface area contributed by atoms with Crippen LogP contribution in [0.2, 0.25) is 0 Å². The Kier molecular flexibility index (Phi) is 4.10. The number of anilines is 2. The van der Waals surface area contributed by atoms with Gasteiger partial charge in [0.1, 0.15) is 17.5 Å². The molecule has 0 amide bonds. The van der Waals surface area contributed by atoms with E-state index in [2.05, 4.69) is 62.4 Å². The largest absolute Gasteiger partial charge is 0.373 e. The van der Waals surface area contributed by atoms with Crippen molar-refractivity contribution in [1.82, 2.24) is 9.97 Å². The van der Waals surface area contributed by atoms with Crippen LogP contribution in [-0.2, 0) is 6.54 Å². The molecule has 1 fully saturated rings. The molecule has 1 N–H and O–H groups in total. The number of nitrogens with zero attached hydrogens (tertiary/aromatic N) is 3. The van der Waals surface area contributed by atoms with Crippen molar-refractivity contribution < 1.29 is 0 Å². The summed E-state index contributed by atoms with van der Waals surface area (Å²) in [6.45, 7) is 0.831. The summed E-state index contributed by atoms with van der Waals surface area (Å²) in [6, 6.07) is 10.4. The van der Waals surface area contributed by atoms with Crippen LogP contribution in [0.25, 0.3) is 0 Å². The molecule has 0 spiro atoms. The Labute approximate surface area is 133 Å². The highest BCUT2D eigenvalue weighted by atomic mass is 79.9. The summed E-state index contributed by atoms with van der Waals surface area (Å²) in [5.41, 5.74) is 1.26. The van der Waals surface area contributed by atoms with Crippen molar-refractivity contribution in [2.24, 2.45) is 0 Å². The molecule has 110 valence electrons. The molecule has 5 heteroatoms. The van der Waals surface area contributed by atoms with Gasteiger partial charge in [0.05, 0.1) is 0 Å². The molecule has 1 saturated carbocycles. The minimum Gasteiger partial charge on any atom is -0.373 e. The van der Waals surface area contributed by atoms with Crippen LogP contribution in [0.1, 0.15) is 30.1 Å². The number of benzene rings is 1. The molecule has 1 aliphatic rings. The molecular formula is C16H19BrN4. The Hall–Kier alpha value is -1.62. The summed E-state index contributed by atoms with van der Waals surface area (Å²) in [6.07, 6.45) is 2.42. The van der Waals surface area contributed by atoms with E-state index in [1.165, 1.54) is 18.4 Å². The molecule has 4 nitrogen and oxygen atoms in total. The van der Waals surface area contributed by atoms with Crippen molar-refractivity contribution >= 4 is 27.6 Å². The minimum absolute atomic E-state index is 0.554. The molecule has 1 aromatic heterocycles. The van der Waals surface area contributed by atoms with E-state index in [1.807, 2.05) is 13.1 Å². The van der Waals surface area contributed by atoms with Gasteiger partial charge < -0.3 is 10.2 Å². The van der Waals surface area contributed by atoms with Crippen molar-refractivity contribution in [3.05, 3.63) is 46.2 Å². The first-order valence-electron chi connectivity index (χ1n) is 7.18. The average molecular weight is 347 g/mol. The van der Waals surface area contributed by atoms with Gasteiger partial charge in [0.15, 0.2) is 0 Å². The standard InChI is InChI=1S/C16H19BrN4/c1-18-14-9-15(20-16(19-14)12-5-6-12)21(2)10-11-3-7-13(17)8-4-11/h3-4,7-9,12H,5-6,10H2,1-2H3,(H,18,19,20). The Bertz CT molecular complexity index is 623. The van der Waals surface area contributed by atoms with Crippen LogP contribution < -0.4 is 10.2 Å². The fraction of sp³-hybridized carbons (Fsp3) is 0.375. The molecular weight excluding hydrogens is 328 g/mol. The van der Waals surface area contributed by atoms with Crippen molar-refractivity contribution in [2.45, 2.75) is 25.3 Å². The lowest BCUT2D eigenvalue weighted by Crippen LogP contribution is -2.19. The lowest BCUT2D eigenvalue weighted by Gasteiger charge is -2.19. The van der Waals surface area contributed by atoms with E-state index >= 15 is 0 Å². The zero-order chi connectivity index (χ0) is 14.8. The lowest BCUT2D eigenvalue weighted by atomic mass is 10.2. The number of hydrogen-bond acceptors (Lipinski definition) is 4. The van der Waals surface area contributed by atoms with Crippen LogP contribution in [0.15, 0.2) is 34.8 Å². The van der Waals surface area contributed by atoms with Gasteiger partial charge in [-0.05, 0) is 30.5 Å². The fourth-order valence-electron chi connectivity index (χ4n) is 2.25. The van der Waals surface area contributed by atoms with Gasteiger partial charge in [0.2, 0.25) is 0 Å². The predicted molar refractivity (Wildman–Crippen MR) is 89.8 cm³/mol. The molecule has 1 heterocycles. The summed E-state index contributed by atoms with van der Waals surface area (Å²) < 4.78 is 1.10. The molecule has 2 aromatic rings. The molecule has 1 aliphatic carbocycles. The third-order valence-corrected chi connectivity index (χ3v) is 4.18. The molecule has 0 atom stereocenters.